The quantitative estimate of drug-likeness (QED) is 0.403. The van der Waals surface area contributed by atoms with Gasteiger partial charge in [-0.05, 0) is 48.2 Å². The number of phenolic OH excluding ortho intramolecular Hbond substituents is 1. The molecule has 0 aliphatic heterocycles. The zero-order valence-corrected chi connectivity index (χ0v) is 16.5. The van der Waals surface area contributed by atoms with Crippen LogP contribution in [0.1, 0.15) is 15.9 Å². The van der Waals surface area contributed by atoms with E-state index in [1.54, 1.807) is 6.07 Å². The summed E-state index contributed by atoms with van der Waals surface area (Å²) in [5.74, 6) is -0.707. The van der Waals surface area contributed by atoms with Gasteiger partial charge in [0, 0.05) is 17.3 Å². The second-order valence-corrected chi connectivity index (χ2v) is 8.26. The molecule has 7 heteroatoms. The summed E-state index contributed by atoms with van der Waals surface area (Å²) in [6, 6.07) is 14.8. The van der Waals surface area contributed by atoms with E-state index < -0.39 is 5.97 Å². The first kappa shape index (κ1) is 18.6. The number of phenols is 1. The minimum Gasteiger partial charge on any atom is -0.507 e. The molecule has 0 bridgehead atoms. The highest BCUT2D eigenvalue weighted by atomic mass is 35.5. The maximum Gasteiger partial charge on any atom is 0.341 e. The van der Waals surface area contributed by atoms with Crippen molar-refractivity contribution in [2.75, 3.05) is 11.8 Å². The number of nitrogens with one attached hydrogen (secondary N) is 1. The average Bonchev–Trinajstić information content (AvgIpc) is 3.00. The van der Waals surface area contributed by atoms with Crippen LogP contribution in [0.4, 0.5) is 5.69 Å². The van der Waals surface area contributed by atoms with Crippen molar-refractivity contribution in [2.45, 2.75) is 11.1 Å². The van der Waals surface area contributed by atoms with Gasteiger partial charge < -0.3 is 14.6 Å². The van der Waals surface area contributed by atoms with Crippen LogP contribution in [0.3, 0.4) is 0 Å². The molecule has 0 aliphatic rings. The van der Waals surface area contributed by atoms with Crippen LogP contribution >= 0.6 is 34.9 Å². The normalized spacial score (nSPS) is 10.6. The Hall–Kier alpha value is -2.15. The van der Waals surface area contributed by atoms with Gasteiger partial charge in [0.25, 0.3) is 0 Å². The highest BCUT2D eigenvalue weighted by molar-refractivity contribution is 8.02. The number of rotatable bonds is 5. The number of aryl methyl sites for hydroxylation is 1. The van der Waals surface area contributed by atoms with Crippen molar-refractivity contribution in [1.29, 1.82) is 0 Å². The Morgan fingerprint density at radius 1 is 1.19 bits per heavy atom. The van der Waals surface area contributed by atoms with Crippen LogP contribution < -0.4 is 4.72 Å². The summed E-state index contributed by atoms with van der Waals surface area (Å²) in [6.45, 7) is 2.06. The smallest absolute Gasteiger partial charge is 0.341 e. The van der Waals surface area contributed by atoms with E-state index in [0.29, 0.717) is 5.69 Å². The molecular formula is C19H16ClNO3S2. The van der Waals surface area contributed by atoms with Gasteiger partial charge in [-0.25, -0.2) is 4.79 Å². The second-order valence-electron chi connectivity index (χ2n) is 5.50. The van der Waals surface area contributed by atoms with E-state index in [1.807, 2.05) is 18.2 Å². The summed E-state index contributed by atoms with van der Waals surface area (Å²) in [6.07, 6.45) is 0. The number of aromatic hydroxyl groups is 1. The van der Waals surface area contributed by atoms with Crippen LogP contribution in [0.15, 0.2) is 52.7 Å². The third-order valence-electron chi connectivity index (χ3n) is 3.77. The molecule has 0 fully saturated rings. The number of ether oxygens (including phenoxy) is 1. The monoisotopic (exact) mass is 405 g/mol. The van der Waals surface area contributed by atoms with E-state index in [0.717, 1.165) is 19.7 Å². The Morgan fingerprint density at radius 3 is 2.65 bits per heavy atom. The summed E-state index contributed by atoms with van der Waals surface area (Å²) in [5.41, 5.74) is 4.08. The van der Waals surface area contributed by atoms with E-state index >= 15 is 0 Å². The Morgan fingerprint density at radius 2 is 1.96 bits per heavy atom. The molecule has 2 aromatic carbocycles. The van der Waals surface area contributed by atoms with E-state index in [9.17, 15) is 9.90 Å². The van der Waals surface area contributed by atoms with Crippen molar-refractivity contribution < 1.29 is 14.6 Å². The number of hydrogen-bond donors (Lipinski definition) is 2. The molecule has 0 atom stereocenters. The van der Waals surface area contributed by atoms with Gasteiger partial charge in [0.2, 0.25) is 0 Å². The zero-order chi connectivity index (χ0) is 18.7. The number of halogens is 1. The summed E-state index contributed by atoms with van der Waals surface area (Å²) in [5, 5.41) is 9.95. The van der Waals surface area contributed by atoms with Crippen molar-refractivity contribution in [2.24, 2.45) is 0 Å². The third kappa shape index (κ3) is 3.98. The first-order chi connectivity index (χ1) is 12.5. The van der Waals surface area contributed by atoms with E-state index in [2.05, 4.69) is 28.5 Å². The molecule has 0 aliphatic carbocycles. The van der Waals surface area contributed by atoms with Crippen LogP contribution in [0.2, 0.25) is 4.34 Å². The molecule has 134 valence electrons. The van der Waals surface area contributed by atoms with Crippen molar-refractivity contribution in [3.63, 3.8) is 0 Å². The van der Waals surface area contributed by atoms with Gasteiger partial charge in [0.15, 0.2) is 0 Å². The van der Waals surface area contributed by atoms with E-state index in [1.165, 1.54) is 48.1 Å². The molecule has 2 N–H and O–H groups in total. The minimum absolute atomic E-state index is 0.129. The summed E-state index contributed by atoms with van der Waals surface area (Å²) < 4.78 is 9.48. The number of thiophene rings is 1. The van der Waals surface area contributed by atoms with E-state index in [4.69, 9.17) is 11.6 Å². The zero-order valence-electron chi connectivity index (χ0n) is 14.1. The number of methoxy groups -OCH3 is 1. The highest BCUT2D eigenvalue weighted by Crippen LogP contribution is 2.41. The van der Waals surface area contributed by atoms with Gasteiger partial charge in [-0.2, -0.15) is 0 Å². The van der Waals surface area contributed by atoms with Gasteiger partial charge in [-0.3, -0.25) is 0 Å². The second kappa shape index (κ2) is 8.03. The molecule has 4 nitrogen and oxygen atoms in total. The van der Waals surface area contributed by atoms with Gasteiger partial charge >= 0.3 is 5.97 Å². The molecule has 0 saturated heterocycles. The maximum absolute atomic E-state index is 11.5. The maximum atomic E-state index is 11.5. The average molecular weight is 406 g/mol. The topological polar surface area (TPSA) is 58.6 Å². The van der Waals surface area contributed by atoms with Gasteiger partial charge in [0.1, 0.15) is 15.6 Å². The Balaban J connectivity index is 1.75. The largest absolute Gasteiger partial charge is 0.507 e. The standard InChI is InChI=1S/C19H16ClNO3S2/c1-11-5-3-4-6-13(11)15-10-17(25-18(15)20)26-21-12-7-8-14(16(22)9-12)19(23)24-2/h3-10,21-22H,1-2H3. The molecule has 1 heterocycles. The Labute approximate surface area is 164 Å². The Bertz CT molecular complexity index is 956. The van der Waals surface area contributed by atoms with Crippen LogP contribution in [-0.2, 0) is 4.74 Å². The number of carbonyl (C=O) groups excluding carboxylic acids is 1. The lowest BCUT2D eigenvalue weighted by molar-refractivity contribution is 0.0597. The number of hydrogen-bond acceptors (Lipinski definition) is 6. The van der Waals surface area contributed by atoms with Crippen molar-refractivity contribution in [3.8, 4) is 16.9 Å². The molecule has 1 aromatic heterocycles. The molecule has 3 rings (SSSR count). The highest BCUT2D eigenvalue weighted by Gasteiger charge is 2.14. The predicted octanol–water partition coefficient (Wildman–Crippen LogP) is 5.99. The third-order valence-corrected chi connectivity index (χ3v) is 6.08. The molecular weight excluding hydrogens is 390 g/mol. The van der Waals surface area contributed by atoms with Crippen molar-refractivity contribution in [1.82, 2.24) is 0 Å². The minimum atomic E-state index is -0.574. The molecule has 26 heavy (non-hydrogen) atoms. The fourth-order valence-electron chi connectivity index (χ4n) is 2.44. The molecule has 0 radical (unpaired) electrons. The SMILES string of the molecule is COC(=O)c1ccc(NSc2cc(-c3ccccc3C)c(Cl)s2)cc1O. The van der Waals surface area contributed by atoms with Crippen LogP contribution in [0.5, 0.6) is 5.75 Å². The van der Waals surface area contributed by atoms with Gasteiger partial charge in [-0.1, -0.05) is 35.9 Å². The molecule has 0 amide bonds. The van der Waals surface area contributed by atoms with Gasteiger partial charge in [-0.15, -0.1) is 11.3 Å². The summed E-state index contributed by atoms with van der Waals surface area (Å²) in [7, 11) is 1.27. The molecule has 0 unspecified atom stereocenters. The fraction of sp³-hybridized carbons (Fsp3) is 0.105. The Kier molecular flexibility index (Phi) is 5.76. The number of esters is 1. The van der Waals surface area contributed by atoms with Crippen molar-refractivity contribution >= 4 is 46.5 Å². The summed E-state index contributed by atoms with van der Waals surface area (Å²) >= 11 is 9.29. The first-order valence-electron chi connectivity index (χ1n) is 7.69. The lowest BCUT2D eigenvalue weighted by Crippen LogP contribution is -2.01. The lowest BCUT2D eigenvalue weighted by atomic mass is 10.0. The number of carbonyl (C=O) groups is 1. The predicted molar refractivity (Wildman–Crippen MR) is 108 cm³/mol. The van der Waals surface area contributed by atoms with Gasteiger partial charge in [0.05, 0.1) is 11.3 Å². The molecule has 0 saturated carbocycles. The lowest BCUT2D eigenvalue weighted by Gasteiger charge is -2.07. The van der Waals surface area contributed by atoms with Crippen LogP contribution in [0, 0.1) is 6.92 Å². The molecule has 3 aromatic rings. The number of anilines is 1. The fourth-order valence-corrected chi connectivity index (χ4v) is 4.68. The molecule has 0 spiro atoms. The summed E-state index contributed by atoms with van der Waals surface area (Å²) in [4.78, 5) is 11.5. The first-order valence-corrected chi connectivity index (χ1v) is 9.70. The van der Waals surface area contributed by atoms with Crippen LogP contribution in [0.25, 0.3) is 11.1 Å². The number of benzene rings is 2. The van der Waals surface area contributed by atoms with E-state index in [-0.39, 0.29) is 11.3 Å². The van der Waals surface area contributed by atoms with Crippen LogP contribution in [-0.4, -0.2) is 18.2 Å². The van der Waals surface area contributed by atoms with Crippen molar-refractivity contribution in [3.05, 3.63) is 64.0 Å².